The van der Waals surface area contributed by atoms with E-state index in [-0.39, 0.29) is 0 Å². The lowest BCUT2D eigenvalue weighted by molar-refractivity contribution is 0.381. The summed E-state index contributed by atoms with van der Waals surface area (Å²) in [5.74, 6) is 1.49. The molecular formula is C30H38N2S2. The third-order valence-electron chi connectivity index (χ3n) is 7.77. The van der Waals surface area contributed by atoms with Crippen molar-refractivity contribution in [1.29, 1.82) is 0 Å². The normalized spacial score (nSPS) is 25.3. The van der Waals surface area contributed by atoms with Crippen molar-refractivity contribution in [1.82, 2.24) is 10.6 Å². The molecule has 0 bridgehead atoms. The lowest BCUT2D eigenvalue weighted by Gasteiger charge is -2.28. The molecule has 6 rings (SSSR count). The Labute approximate surface area is 212 Å². The van der Waals surface area contributed by atoms with Crippen molar-refractivity contribution in [2.24, 2.45) is 0 Å². The predicted molar refractivity (Wildman–Crippen MR) is 152 cm³/mol. The molecule has 2 aromatic carbocycles. The van der Waals surface area contributed by atoms with Crippen LogP contribution in [0.1, 0.15) is 73.6 Å². The molecule has 2 fully saturated rings. The van der Waals surface area contributed by atoms with Crippen molar-refractivity contribution in [3.8, 4) is 0 Å². The van der Waals surface area contributed by atoms with E-state index in [0.717, 1.165) is 24.9 Å². The van der Waals surface area contributed by atoms with E-state index in [1.54, 1.807) is 0 Å². The zero-order valence-electron chi connectivity index (χ0n) is 21.0. The Bertz CT molecular complexity index is 1160. The lowest BCUT2D eigenvalue weighted by Crippen LogP contribution is -2.34. The molecule has 2 N–H and O–H groups in total. The van der Waals surface area contributed by atoms with Gasteiger partial charge < -0.3 is 10.6 Å². The van der Waals surface area contributed by atoms with E-state index in [4.69, 9.17) is 0 Å². The summed E-state index contributed by atoms with van der Waals surface area (Å²) in [6.45, 7) is 11.3. The molecule has 0 amide bonds. The highest BCUT2D eigenvalue weighted by molar-refractivity contribution is 7.17. The van der Waals surface area contributed by atoms with Gasteiger partial charge in [0.15, 0.2) is 0 Å². The number of hydrogen-bond acceptors (Lipinski definition) is 4. The summed E-state index contributed by atoms with van der Waals surface area (Å²) < 4.78 is 2.85. The Kier molecular flexibility index (Phi) is 7.41. The molecule has 0 saturated carbocycles. The number of hydrogen-bond donors (Lipinski definition) is 2. The first kappa shape index (κ1) is 24.0. The van der Waals surface area contributed by atoms with Gasteiger partial charge in [-0.15, -0.1) is 22.7 Å². The van der Waals surface area contributed by atoms with Gasteiger partial charge in [0, 0.05) is 21.5 Å². The highest BCUT2D eigenvalue weighted by Gasteiger charge is 2.21. The Morgan fingerprint density at radius 3 is 1.53 bits per heavy atom. The first-order valence-electron chi connectivity index (χ1n) is 12.9. The Morgan fingerprint density at radius 2 is 1.12 bits per heavy atom. The molecule has 2 saturated heterocycles. The van der Waals surface area contributed by atoms with Crippen LogP contribution in [-0.4, -0.2) is 25.2 Å². The minimum atomic E-state index is 0.660. The molecule has 4 atom stereocenters. The molecule has 4 heteroatoms. The molecule has 2 aliphatic rings. The van der Waals surface area contributed by atoms with Crippen LogP contribution in [0.3, 0.4) is 0 Å². The van der Waals surface area contributed by atoms with Gasteiger partial charge >= 0.3 is 0 Å². The second kappa shape index (κ2) is 10.5. The van der Waals surface area contributed by atoms with Crippen molar-refractivity contribution in [2.45, 2.75) is 77.3 Å². The van der Waals surface area contributed by atoms with Crippen LogP contribution in [0.15, 0.2) is 47.2 Å². The standard InChI is InChI=1S/2C15H19NS/c2*1-10-9-17-15-4-3-12(8-14(10)15)13-5-6-16-11(2)7-13/h2*3-4,8-9,11,13,16H,5-7H2,1-2H3/t11-,13+;11-,13-/m10/s1. The quantitative estimate of drug-likeness (QED) is 0.296. The van der Waals surface area contributed by atoms with E-state index in [1.165, 1.54) is 68.1 Å². The zero-order valence-corrected chi connectivity index (χ0v) is 22.6. The average molecular weight is 491 g/mol. The summed E-state index contributed by atoms with van der Waals surface area (Å²) in [6, 6.07) is 15.4. The van der Waals surface area contributed by atoms with Crippen LogP contribution in [0.4, 0.5) is 0 Å². The number of rotatable bonds is 2. The van der Waals surface area contributed by atoms with Gasteiger partial charge in [0.05, 0.1) is 0 Å². The van der Waals surface area contributed by atoms with Gasteiger partial charge in [0.1, 0.15) is 0 Å². The molecule has 4 heterocycles. The second-order valence-electron chi connectivity index (χ2n) is 10.5. The fourth-order valence-electron chi connectivity index (χ4n) is 5.72. The maximum absolute atomic E-state index is 3.53. The molecule has 0 aliphatic carbocycles. The molecule has 4 aromatic rings. The van der Waals surface area contributed by atoms with Gasteiger partial charge in [-0.1, -0.05) is 12.1 Å². The molecule has 0 radical (unpaired) electrons. The van der Waals surface area contributed by atoms with Gasteiger partial charge in [-0.05, 0) is 146 Å². The molecule has 0 spiro atoms. The summed E-state index contributed by atoms with van der Waals surface area (Å²) in [6.07, 6.45) is 5.10. The SMILES string of the molecule is Cc1csc2ccc([C@H]3CCN[C@@H](C)C3)cc12.Cc1csc2ccc([C@H]3CCN[C@H](C)C3)cc12. The van der Waals surface area contributed by atoms with Crippen LogP contribution in [0.25, 0.3) is 20.2 Å². The van der Waals surface area contributed by atoms with Crippen molar-refractivity contribution < 1.29 is 0 Å². The molecule has 2 aliphatic heterocycles. The third kappa shape index (κ3) is 5.26. The number of benzene rings is 2. The van der Waals surface area contributed by atoms with Gasteiger partial charge in [0.2, 0.25) is 0 Å². The monoisotopic (exact) mass is 490 g/mol. The Morgan fingerprint density at radius 1 is 0.676 bits per heavy atom. The average Bonchev–Trinajstić information content (AvgIpc) is 3.41. The number of fused-ring (bicyclic) bond motifs is 2. The van der Waals surface area contributed by atoms with E-state index in [0.29, 0.717) is 12.1 Å². The summed E-state index contributed by atoms with van der Waals surface area (Å²) in [4.78, 5) is 0. The number of piperidine rings is 2. The Hall–Kier alpha value is -1.72. The van der Waals surface area contributed by atoms with Crippen LogP contribution >= 0.6 is 22.7 Å². The second-order valence-corrected chi connectivity index (χ2v) is 12.3. The minimum Gasteiger partial charge on any atom is -0.314 e. The van der Waals surface area contributed by atoms with Crippen molar-refractivity contribution in [3.63, 3.8) is 0 Å². The van der Waals surface area contributed by atoms with Crippen LogP contribution in [0.2, 0.25) is 0 Å². The Balaban J connectivity index is 0.000000142. The van der Waals surface area contributed by atoms with E-state index in [2.05, 4.69) is 85.5 Å². The fourth-order valence-corrected chi connectivity index (χ4v) is 7.57. The summed E-state index contributed by atoms with van der Waals surface area (Å²) in [5, 5.41) is 14.5. The topological polar surface area (TPSA) is 24.1 Å². The highest BCUT2D eigenvalue weighted by Crippen LogP contribution is 2.34. The van der Waals surface area contributed by atoms with Crippen LogP contribution < -0.4 is 10.6 Å². The molecular weight excluding hydrogens is 452 g/mol. The minimum absolute atomic E-state index is 0.660. The van der Waals surface area contributed by atoms with Gasteiger partial charge in [-0.3, -0.25) is 0 Å². The van der Waals surface area contributed by atoms with Gasteiger partial charge in [-0.25, -0.2) is 0 Å². The van der Waals surface area contributed by atoms with Crippen LogP contribution in [-0.2, 0) is 0 Å². The lowest BCUT2D eigenvalue weighted by atomic mass is 9.86. The molecule has 34 heavy (non-hydrogen) atoms. The smallest absolute Gasteiger partial charge is 0.0345 e. The van der Waals surface area contributed by atoms with Gasteiger partial charge in [-0.2, -0.15) is 0 Å². The number of nitrogens with one attached hydrogen (secondary N) is 2. The fraction of sp³-hybridized carbons (Fsp3) is 0.467. The predicted octanol–water partition coefficient (Wildman–Crippen LogP) is 8.13. The van der Waals surface area contributed by atoms with E-state index >= 15 is 0 Å². The molecule has 180 valence electrons. The summed E-state index contributed by atoms with van der Waals surface area (Å²) >= 11 is 3.71. The summed E-state index contributed by atoms with van der Waals surface area (Å²) in [7, 11) is 0. The largest absolute Gasteiger partial charge is 0.314 e. The molecule has 2 nitrogen and oxygen atoms in total. The molecule has 0 unspecified atom stereocenters. The highest BCUT2D eigenvalue weighted by atomic mass is 32.1. The van der Waals surface area contributed by atoms with Crippen LogP contribution in [0, 0.1) is 13.8 Å². The number of thiophene rings is 2. The van der Waals surface area contributed by atoms with Crippen molar-refractivity contribution in [3.05, 3.63) is 69.4 Å². The first-order chi connectivity index (χ1) is 16.5. The third-order valence-corrected chi connectivity index (χ3v) is 9.94. The maximum Gasteiger partial charge on any atom is 0.0345 e. The van der Waals surface area contributed by atoms with Crippen molar-refractivity contribution >= 4 is 42.8 Å². The van der Waals surface area contributed by atoms with E-state index in [9.17, 15) is 0 Å². The van der Waals surface area contributed by atoms with E-state index in [1.807, 2.05) is 22.7 Å². The summed E-state index contributed by atoms with van der Waals surface area (Å²) in [5.41, 5.74) is 5.92. The van der Waals surface area contributed by atoms with Gasteiger partial charge in [0.25, 0.3) is 0 Å². The van der Waals surface area contributed by atoms with Crippen molar-refractivity contribution in [2.75, 3.05) is 13.1 Å². The molecule has 2 aromatic heterocycles. The number of aryl methyl sites for hydroxylation is 2. The van der Waals surface area contributed by atoms with E-state index < -0.39 is 0 Å². The first-order valence-corrected chi connectivity index (χ1v) is 14.7. The zero-order chi connectivity index (χ0) is 23.7. The van der Waals surface area contributed by atoms with Crippen LogP contribution in [0.5, 0.6) is 0 Å². The maximum atomic E-state index is 3.53.